The van der Waals surface area contributed by atoms with Crippen molar-refractivity contribution < 1.29 is 21.8 Å². The molecule has 11 heteroatoms. The summed E-state index contributed by atoms with van der Waals surface area (Å²) < 4.78 is 57.0. The van der Waals surface area contributed by atoms with Crippen molar-refractivity contribution in [2.24, 2.45) is 10.8 Å². The van der Waals surface area contributed by atoms with E-state index in [0.29, 0.717) is 0 Å². The zero-order chi connectivity index (χ0) is 15.1. The fourth-order valence-corrected chi connectivity index (χ4v) is 2.30. The van der Waals surface area contributed by atoms with Gasteiger partial charge < -0.3 is 5.73 Å². The molecule has 0 unspecified atom stereocenters. The highest BCUT2D eigenvalue weighted by atomic mass is 35.5. The Kier molecular flexibility index (Phi) is 3.54. The minimum absolute atomic E-state index is 0.00383. The lowest BCUT2D eigenvalue weighted by Crippen LogP contribution is -2.35. The van der Waals surface area contributed by atoms with Gasteiger partial charge in [-0.05, 0) is 23.5 Å². The molecule has 0 saturated carbocycles. The van der Waals surface area contributed by atoms with Gasteiger partial charge in [0, 0.05) is 5.56 Å². The van der Waals surface area contributed by atoms with Crippen molar-refractivity contribution in [1.29, 1.82) is 0 Å². The van der Waals surface area contributed by atoms with Crippen LogP contribution in [0.2, 0.25) is 5.02 Å². The first-order valence-corrected chi connectivity index (χ1v) is 6.76. The van der Waals surface area contributed by atoms with Gasteiger partial charge in [-0.25, -0.2) is 5.43 Å². The molecule has 0 saturated heterocycles. The van der Waals surface area contributed by atoms with Crippen molar-refractivity contribution in [2.45, 2.75) is 4.90 Å². The summed E-state index contributed by atoms with van der Waals surface area (Å²) >= 11 is 5.81. The van der Waals surface area contributed by atoms with E-state index in [1.54, 1.807) is 5.43 Å². The summed E-state index contributed by atoms with van der Waals surface area (Å²) in [6, 6.07) is 3.02. The van der Waals surface area contributed by atoms with Gasteiger partial charge >= 0.3 is 0 Å². The Hall–Kier alpha value is -1.91. The Morgan fingerprint density at radius 3 is 2.65 bits per heavy atom. The summed E-state index contributed by atoms with van der Waals surface area (Å²) in [5.74, 6) is -1.17. The molecule has 0 amide bonds. The van der Waals surface area contributed by atoms with Crippen LogP contribution < -0.4 is 11.2 Å². The molecule has 0 bridgehead atoms. The van der Waals surface area contributed by atoms with E-state index < -0.39 is 32.0 Å². The van der Waals surface area contributed by atoms with Crippen LogP contribution in [0.25, 0.3) is 0 Å². The molecule has 0 radical (unpaired) electrons. The second kappa shape index (κ2) is 4.89. The predicted octanol–water partition coefficient (Wildman–Crippen LogP) is 1.09. The van der Waals surface area contributed by atoms with E-state index in [1.807, 2.05) is 0 Å². The largest absolute Gasteiger partial charge is 0.393 e. The van der Waals surface area contributed by atoms with Gasteiger partial charge in [-0.15, -0.1) is 5.10 Å². The summed E-state index contributed by atoms with van der Waals surface area (Å²) in [4.78, 5) is -0.471. The molecule has 20 heavy (non-hydrogen) atoms. The van der Waals surface area contributed by atoms with Crippen LogP contribution in [0.1, 0.15) is 5.56 Å². The minimum Gasteiger partial charge on any atom is -0.393 e. The number of nitrogens with zero attached hydrogens (tertiary/aromatic N) is 2. The molecule has 4 N–H and O–H groups in total. The Morgan fingerprint density at radius 2 is 2.10 bits per heavy atom. The first-order valence-electron chi connectivity index (χ1n) is 4.94. The summed E-state index contributed by atoms with van der Waals surface area (Å²) in [6.45, 7) is 0. The monoisotopic (exact) mass is 324 g/mol. The Morgan fingerprint density at radius 1 is 1.45 bits per heavy atom. The number of halogens is 3. The third kappa shape index (κ3) is 2.66. The van der Waals surface area contributed by atoms with Crippen LogP contribution in [-0.4, -0.2) is 24.0 Å². The van der Waals surface area contributed by atoms with Crippen LogP contribution in [0.3, 0.4) is 0 Å². The highest BCUT2D eigenvalue weighted by molar-refractivity contribution is 7.85. The number of hydrazone groups is 1. The van der Waals surface area contributed by atoms with Crippen LogP contribution in [0, 0.1) is 0 Å². The molecule has 0 fully saturated rings. The fourth-order valence-electron chi connectivity index (χ4n) is 1.46. The van der Waals surface area contributed by atoms with Crippen LogP contribution in [0.5, 0.6) is 0 Å². The number of hydrogen-bond acceptors (Lipinski definition) is 6. The molecular weight excluding hydrogens is 318 g/mol. The van der Waals surface area contributed by atoms with Crippen molar-refractivity contribution in [3.8, 4) is 0 Å². The first-order chi connectivity index (χ1) is 9.20. The molecule has 0 atom stereocenters. The Balaban J connectivity index is 2.55. The molecule has 0 spiro atoms. The van der Waals surface area contributed by atoms with Gasteiger partial charge in [-0.3, -0.25) is 4.55 Å². The van der Waals surface area contributed by atoms with E-state index in [0.717, 1.165) is 18.2 Å². The van der Waals surface area contributed by atoms with Crippen LogP contribution in [0.15, 0.2) is 39.8 Å². The topological polar surface area (TPSA) is 108 Å². The maximum absolute atomic E-state index is 13.3. The van der Waals surface area contributed by atoms with Gasteiger partial charge in [0.2, 0.25) is 5.95 Å². The smallest absolute Gasteiger partial charge is 0.294 e. The van der Waals surface area contributed by atoms with Gasteiger partial charge in [0.25, 0.3) is 10.1 Å². The number of nitrogens with one attached hydrogen (secondary N) is 1. The number of hydrogen-bond donors (Lipinski definition) is 3. The summed E-state index contributed by atoms with van der Waals surface area (Å²) in [5.41, 5.74) is 6.15. The third-order valence-corrected chi connectivity index (χ3v) is 3.53. The average Bonchev–Trinajstić information content (AvgIpc) is 2.33. The molecule has 2 rings (SSSR count). The highest BCUT2D eigenvalue weighted by Gasteiger charge is 2.24. The Bertz CT molecular complexity index is 735. The second-order valence-corrected chi connectivity index (χ2v) is 5.49. The molecule has 1 aliphatic rings. The number of allylic oxidation sites excluding steroid dienone is 1. The summed E-state index contributed by atoms with van der Waals surface area (Å²) in [6.07, 6.45) is 0. The lowest BCUT2D eigenvalue weighted by molar-refractivity contribution is -0.0283. The van der Waals surface area contributed by atoms with Gasteiger partial charge in [-0.1, -0.05) is 16.1 Å². The lowest BCUT2D eigenvalue weighted by Gasteiger charge is -2.19. The maximum atomic E-state index is 13.3. The van der Waals surface area contributed by atoms with E-state index >= 15 is 0 Å². The van der Waals surface area contributed by atoms with Gasteiger partial charge in [0.15, 0.2) is 0 Å². The number of hydrazine groups is 1. The molecule has 0 aliphatic carbocycles. The van der Waals surface area contributed by atoms with E-state index in [9.17, 15) is 17.3 Å². The van der Waals surface area contributed by atoms with Gasteiger partial charge in [-0.2, -0.15) is 12.8 Å². The van der Waals surface area contributed by atoms with E-state index in [2.05, 4.69) is 5.10 Å². The molecule has 0 aromatic heterocycles. The SMILES string of the molecule is NC1=C(F)NN(F)N=C1c1ccc(S(=O)(=O)O)cc1Cl. The second-order valence-electron chi connectivity index (χ2n) is 3.66. The Labute approximate surface area is 117 Å². The first kappa shape index (κ1) is 14.5. The standard InChI is InChI=1S/C9H7ClF2N4O3S/c10-6-3-4(20(17,18)19)1-2-5(6)8-7(13)9(11)15-16(12)14-8/h1-3,15H,13H2,(H,17,18,19). The van der Waals surface area contributed by atoms with Crippen molar-refractivity contribution in [3.63, 3.8) is 0 Å². The molecule has 1 aliphatic heterocycles. The molecule has 108 valence electrons. The molecule has 1 aromatic carbocycles. The summed E-state index contributed by atoms with van der Waals surface area (Å²) in [7, 11) is -4.45. The summed E-state index contributed by atoms with van der Waals surface area (Å²) in [5, 5.41) is 2.68. The van der Waals surface area contributed by atoms with Crippen molar-refractivity contribution in [1.82, 2.24) is 10.8 Å². The van der Waals surface area contributed by atoms with Gasteiger partial charge in [0.1, 0.15) is 11.4 Å². The van der Waals surface area contributed by atoms with E-state index in [-0.39, 0.29) is 16.3 Å². The van der Waals surface area contributed by atoms with Crippen molar-refractivity contribution in [2.75, 3.05) is 0 Å². The quantitative estimate of drug-likeness (QED) is 0.427. The van der Waals surface area contributed by atoms with E-state index in [4.69, 9.17) is 21.9 Å². The number of rotatable bonds is 2. The lowest BCUT2D eigenvalue weighted by atomic mass is 10.1. The van der Waals surface area contributed by atoms with Crippen molar-refractivity contribution in [3.05, 3.63) is 40.4 Å². The normalized spacial score (nSPS) is 16.0. The number of nitrogens with two attached hydrogens (primary N) is 1. The average molecular weight is 325 g/mol. The minimum atomic E-state index is -4.45. The van der Waals surface area contributed by atoms with Crippen LogP contribution in [-0.2, 0) is 10.1 Å². The molecule has 1 heterocycles. The zero-order valence-corrected chi connectivity index (χ0v) is 11.1. The molecule has 7 nitrogen and oxygen atoms in total. The molecule has 1 aromatic rings. The van der Waals surface area contributed by atoms with Gasteiger partial charge in [0.05, 0.1) is 9.92 Å². The maximum Gasteiger partial charge on any atom is 0.294 e. The van der Waals surface area contributed by atoms with Crippen molar-refractivity contribution >= 4 is 27.4 Å². The fraction of sp³-hybridized carbons (Fsp3) is 0. The predicted molar refractivity (Wildman–Crippen MR) is 66.2 cm³/mol. The van der Waals surface area contributed by atoms with Crippen LogP contribution >= 0.6 is 11.6 Å². The van der Waals surface area contributed by atoms with Crippen LogP contribution in [0.4, 0.5) is 8.87 Å². The highest BCUT2D eigenvalue weighted by Crippen LogP contribution is 2.25. The van der Waals surface area contributed by atoms with E-state index in [1.165, 1.54) is 0 Å². The number of benzene rings is 1. The zero-order valence-electron chi connectivity index (χ0n) is 9.51. The third-order valence-electron chi connectivity index (χ3n) is 2.36. The molecular formula is C9H7ClF2N4O3S.